The number of nitrogens with zero attached hydrogens (tertiary/aromatic N) is 1. The van der Waals surface area contributed by atoms with Crippen molar-refractivity contribution in [3.63, 3.8) is 0 Å². The predicted molar refractivity (Wildman–Crippen MR) is 121 cm³/mol. The Morgan fingerprint density at radius 2 is 1.78 bits per heavy atom. The molecule has 1 spiro atoms. The third-order valence-corrected chi connectivity index (χ3v) is 7.65. The van der Waals surface area contributed by atoms with Gasteiger partial charge in [-0.3, -0.25) is 14.4 Å². The van der Waals surface area contributed by atoms with Crippen LogP contribution in [0.1, 0.15) is 78.6 Å². The molecule has 5 atom stereocenters. The second-order valence-corrected chi connectivity index (χ2v) is 9.58. The lowest BCUT2D eigenvalue weighted by Gasteiger charge is -2.34. The van der Waals surface area contributed by atoms with E-state index in [1.54, 1.807) is 4.90 Å². The number of carbonyl (C=O) groups excluding carboxylic acids is 3. The van der Waals surface area contributed by atoms with Gasteiger partial charge in [0, 0.05) is 26.2 Å². The highest BCUT2D eigenvalue weighted by Crippen LogP contribution is 2.64. The van der Waals surface area contributed by atoms with E-state index < -0.39 is 29.1 Å². The maximum atomic E-state index is 13.7. The van der Waals surface area contributed by atoms with Crippen LogP contribution < -0.4 is 10.6 Å². The maximum Gasteiger partial charge on any atom is 0.245 e. The average molecular weight is 452 g/mol. The van der Waals surface area contributed by atoms with Crippen molar-refractivity contribution in [2.24, 2.45) is 11.8 Å². The lowest BCUT2D eigenvalue weighted by molar-refractivity contribution is -0.147. The van der Waals surface area contributed by atoms with Gasteiger partial charge in [0.1, 0.15) is 11.6 Å². The molecular weight excluding hydrogens is 410 g/mol. The lowest BCUT2D eigenvalue weighted by atomic mass is 9.65. The maximum absolute atomic E-state index is 13.7. The van der Waals surface area contributed by atoms with E-state index in [9.17, 15) is 19.5 Å². The largest absolute Gasteiger partial charge is 0.396 e. The Morgan fingerprint density at radius 1 is 1.03 bits per heavy atom. The summed E-state index contributed by atoms with van der Waals surface area (Å²) >= 11 is 0. The summed E-state index contributed by atoms with van der Waals surface area (Å²) < 4.78 is 6.67. The molecule has 0 aliphatic carbocycles. The molecule has 3 heterocycles. The van der Waals surface area contributed by atoms with Gasteiger partial charge >= 0.3 is 0 Å². The number of rotatable bonds is 13. The number of hydrogen-bond acceptors (Lipinski definition) is 5. The highest BCUT2D eigenvalue weighted by atomic mass is 16.5. The molecule has 8 nitrogen and oxygen atoms in total. The van der Waals surface area contributed by atoms with E-state index in [1.165, 1.54) is 0 Å². The average Bonchev–Trinajstić information content (AvgIpc) is 3.39. The molecule has 0 saturated carbocycles. The van der Waals surface area contributed by atoms with Crippen molar-refractivity contribution in [3.05, 3.63) is 0 Å². The zero-order chi connectivity index (χ0) is 23.4. The van der Waals surface area contributed by atoms with Crippen LogP contribution in [0.25, 0.3) is 0 Å². The van der Waals surface area contributed by atoms with E-state index in [4.69, 9.17) is 4.74 Å². The molecule has 3 aliphatic heterocycles. The number of ether oxygens (including phenoxy) is 1. The molecule has 3 rings (SSSR count). The summed E-state index contributed by atoms with van der Waals surface area (Å²) in [5.41, 5.74) is -1.63. The molecule has 32 heavy (non-hydrogen) atoms. The van der Waals surface area contributed by atoms with Gasteiger partial charge in [-0.15, -0.1) is 0 Å². The molecule has 3 amide bonds. The van der Waals surface area contributed by atoms with Gasteiger partial charge in [-0.25, -0.2) is 0 Å². The Hall–Kier alpha value is -1.67. The van der Waals surface area contributed by atoms with Crippen LogP contribution in [0.5, 0.6) is 0 Å². The molecule has 3 saturated heterocycles. The van der Waals surface area contributed by atoms with Crippen molar-refractivity contribution in [3.8, 4) is 0 Å². The van der Waals surface area contributed by atoms with Crippen LogP contribution in [0, 0.1) is 11.8 Å². The standard InChI is InChI=1S/C24H41N3O5/c1-4-7-8-14-26-21(30)19-24-12-11-23(6-3,32-24)17(20(29)25-13-5-2)18(24)22(31)27(19)15-9-10-16-28/h17-19,28H,4-16H2,1-3H3,(H,25,29)(H,26,30)/t17-,18+,19?,23+,24?/m1/s1. The summed E-state index contributed by atoms with van der Waals surface area (Å²) in [6.07, 6.45) is 6.91. The number of aliphatic hydroxyl groups is 1. The molecule has 3 N–H and O–H groups in total. The van der Waals surface area contributed by atoms with Gasteiger partial charge in [-0.05, 0) is 44.9 Å². The second kappa shape index (κ2) is 10.5. The minimum absolute atomic E-state index is 0.0436. The smallest absolute Gasteiger partial charge is 0.245 e. The van der Waals surface area contributed by atoms with Gasteiger partial charge in [0.15, 0.2) is 0 Å². The van der Waals surface area contributed by atoms with Gasteiger partial charge in [-0.1, -0.05) is 33.6 Å². The molecule has 0 aromatic carbocycles. The minimum atomic E-state index is -0.949. The lowest BCUT2D eigenvalue weighted by Crippen LogP contribution is -2.55. The number of carbonyl (C=O) groups is 3. The van der Waals surface area contributed by atoms with Crippen LogP contribution in [0.3, 0.4) is 0 Å². The monoisotopic (exact) mass is 451 g/mol. The predicted octanol–water partition coefficient (Wildman–Crippen LogP) is 1.75. The molecule has 0 aromatic rings. The first kappa shape index (κ1) is 25.0. The van der Waals surface area contributed by atoms with E-state index >= 15 is 0 Å². The van der Waals surface area contributed by atoms with Crippen molar-refractivity contribution in [1.29, 1.82) is 0 Å². The Morgan fingerprint density at radius 3 is 2.44 bits per heavy atom. The summed E-state index contributed by atoms with van der Waals surface area (Å²) in [6.45, 7) is 7.68. The number of nitrogens with one attached hydrogen (secondary N) is 2. The van der Waals surface area contributed by atoms with E-state index in [0.717, 1.165) is 25.7 Å². The Kier molecular flexibility index (Phi) is 8.20. The second-order valence-electron chi connectivity index (χ2n) is 9.58. The normalized spacial score (nSPS) is 32.9. The zero-order valence-corrected chi connectivity index (χ0v) is 20.0. The Bertz CT molecular complexity index is 701. The fraction of sp³-hybridized carbons (Fsp3) is 0.875. The number of amides is 3. The topological polar surface area (TPSA) is 108 Å². The summed E-state index contributed by atoms with van der Waals surface area (Å²) in [6, 6.07) is -0.724. The van der Waals surface area contributed by atoms with E-state index in [1.807, 2.05) is 13.8 Å². The van der Waals surface area contributed by atoms with Gasteiger partial charge in [0.25, 0.3) is 0 Å². The van der Waals surface area contributed by atoms with Crippen molar-refractivity contribution in [2.75, 3.05) is 26.2 Å². The zero-order valence-electron chi connectivity index (χ0n) is 20.0. The molecule has 0 aromatic heterocycles. The first-order chi connectivity index (χ1) is 15.4. The van der Waals surface area contributed by atoms with Gasteiger partial charge < -0.3 is 25.4 Å². The third-order valence-electron chi connectivity index (χ3n) is 7.65. The number of unbranched alkanes of at least 4 members (excludes halogenated alkanes) is 3. The van der Waals surface area contributed by atoms with Crippen LogP contribution in [0.2, 0.25) is 0 Å². The number of aliphatic hydroxyl groups excluding tert-OH is 1. The van der Waals surface area contributed by atoms with Crippen LogP contribution in [0.15, 0.2) is 0 Å². The fourth-order valence-corrected chi connectivity index (χ4v) is 6.09. The summed E-state index contributed by atoms with van der Waals surface area (Å²) in [5.74, 6) is -1.66. The van der Waals surface area contributed by atoms with Crippen molar-refractivity contribution < 1.29 is 24.2 Å². The first-order valence-corrected chi connectivity index (χ1v) is 12.6. The summed E-state index contributed by atoms with van der Waals surface area (Å²) in [4.78, 5) is 42.0. The van der Waals surface area contributed by atoms with Gasteiger partial charge in [0.05, 0.1) is 17.4 Å². The van der Waals surface area contributed by atoms with Gasteiger partial charge in [0.2, 0.25) is 17.7 Å². The SMILES string of the molecule is CCCCCNC(=O)C1N(CCCCO)C(=O)[C@@H]2[C@H](C(=O)NCCC)[C@]3(CC)CCC12O3. The molecule has 3 aliphatic rings. The quantitative estimate of drug-likeness (QED) is 0.370. The number of likely N-dealkylation sites (tertiary alicyclic amines) is 1. The summed E-state index contributed by atoms with van der Waals surface area (Å²) in [5, 5.41) is 15.2. The van der Waals surface area contributed by atoms with Gasteiger partial charge in [-0.2, -0.15) is 0 Å². The van der Waals surface area contributed by atoms with E-state index in [0.29, 0.717) is 51.7 Å². The number of fused-ring (bicyclic) bond motifs is 1. The molecule has 8 heteroatoms. The molecule has 2 bridgehead atoms. The molecular formula is C24H41N3O5. The van der Waals surface area contributed by atoms with Crippen molar-refractivity contribution >= 4 is 17.7 Å². The van der Waals surface area contributed by atoms with Crippen LogP contribution in [0.4, 0.5) is 0 Å². The van der Waals surface area contributed by atoms with Crippen LogP contribution in [-0.2, 0) is 19.1 Å². The highest BCUT2D eigenvalue weighted by Gasteiger charge is 2.78. The van der Waals surface area contributed by atoms with Crippen molar-refractivity contribution in [1.82, 2.24) is 15.5 Å². The van der Waals surface area contributed by atoms with Crippen LogP contribution >= 0.6 is 0 Å². The Labute approximate surface area is 191 Å². The number of hydrogen-bond donors (Lipinski definition) is 3. The highest BCUT2D eigenvalue weighted by molar-refractivity contribution is 5.99. The fourth-order valence-electron chi connectivity index (χ4n) is 6.09. The molecule has 3 fully saturated rings. The van der Waals surface area contributed by atoms with E-state index in [-0.39, 0.29) is 24.3 Å². The molecule has 182 valence electrons. The molecule has 2 unspecified atom stereocenters. The Balaban J connectivity index is 1.92. The van der Waals surface area contributed by atoms with Crippen LogP contribution in [-0.4, -0.2) is 71.2 Å². The third kappa shape index (κ3) is 4.16. The summed E-state index contributed by atoms with van der Waals surface area (Å²) in [7, 11) is 0. The van der Waals surface area contributed by atoms with Crippen molar-refractivity contribution in [2.45, 2.75) is 95.8 Å². The first-order valence-electron chi connectivity index (χ1n) is 12.6. The molecule has 0 radical (unpaired) electrons. The minimum Gasteiger partial charge on any atom is -0.396 e. The van der Waals surface area contributed by atoms with E-state index in [2.05, 4.69) is 17.6 Å².